The Bertz CT molecular complexity index is 1520. The predicted molar refractivity (Wildman–Crippen MR) is 139 cm³/mol. The van der Waals surface area contributed by atoms with Crippen molar-refractivity contribution in [2.75, 3.05) is 28.0 Å². The van der Waals surface area contributed by atoms with Crippen molar-refractivity contribution < 1.29 is 26.4 Å². The third-order valence-corrected chi connectivity index (χ3v) is 8.64. The Kier molecular flexibility index (Phi) is 6.96. The maximum absolute atomic E-state index is 13.1. The lowest BCUT2D eigenvalue weighted by atomic mass is 10.1. The van der Waals surface area contributed by atoms with Crippen molar-refractivity contribution in [1.82, 2.24) is 0 Å². The zero-order valence-corrected chi connectivity index (χ0v) is 21.7. The monoisotopic (exact) mass is 529 g/mol. The van der Waals surface area contributed by atoms with Crippen LogP contribution in [0.2, 0.25) is 0 Å². The molecule has 0 aromatic heterocycles. The number of anilines is 3. The van der Waals surface area contributed by atoms with Crippen LogP contribution < -0.4 is 19.1 Å². The van der Waals surface area contributed by atoms with Crippen molar-refractivity contribution in [3.8, 4) is 5.75 Å². The maximum Gasteiger partial charge on any atom is 0.261 e. The van der Waals surface area contributed by atoms with Crippen LogP contribution in [0, 0.1) is 13.8 Å². The highest BCUT2D eigenvalue weighted by molar-refractivity contribution is 7.93. The number of hydrogen-bond donors (Lipinski definition) is 2. The number of carbonyl (C=O) groups excluding carboxylic acids is 1. The van der Waals surface area contributed by atoms with E-state index in [-0.39, 0.29) is 21.4 Å². The van der Waals surface area contributed by atoms with Gasteiger partial charge in [-0.15, -0.1) is 0 Å². The zero-order chi connectivity index (χ0) is 26.1. The molecule has 1 aliphatic heterocycles. The smallest absolute Gasteiger partial charge is 0.261 e. The maximum atomic E-state index is 13.1. The Morgan fingerprint density at radius 3 is 2.14 bits per heavy atom. The molecule has 0 radical (unpaired) electrons. The second kappa shape index (κ2) is 9.82. The molecule has 1 fully saturated rings. The van der Waals surface area contributed by atoms with E-state index in [1.807, 2.05) is 19.1 Å². The third-order valence-electron chi connectivity index (χ3n) is 5.88. The summed E-state index contributed by atoms with van der Waals surface area (Å²) in [6.45, 7) is 4.16. The largest absolute Gasteiger partial charge is 0.495 e. The summed E-state index contributed by atoms with van der Waals surface area (Å²) in [5.41, 5.74) is 2.76. The molecule has 190 valence electrons. The second-order valence-electron chi connectivity index (χ2n) is 8.54. The normalized spacial score (nSPS) is 14.1. The molecule has 0 spiro atoms. The molecule has 1 saturated heterocycles. The molecule has 4 rings (SSSR count). The molecule has 2 N–H and O–H groups in total. The van der Waals surface area contributed by atoms with E-state index in [1.54, 1.807) is 13.0 Å². The minimum Gasteiger partial charge on any atom is -0.495 e. The van der Waals surface area contributed by atoms with E-state index in [4.69, 9.17) is 4.74 Å². The van der Waals surface area contributed by atoms with Crippen LogP contribution in [0.5, 0.6) is 5.75 Å². The van der Waals surface area contributed by atoms with Gasteiger partial charge in [0.2, 0.25) is 5.91 Å². The van der Waals surface area contributed by atoms with Crippen molar-refractivity contribution >= 4 is 43.0 Å². The molecule has 0 unspecified atom stereocenters. The lowest BCUT2D eigenvalue weighted by molar-refractivity contribution is -0.117. The summed E-state index contributed by atoms with van der Waals surface area (Å²) in [6, 6.07) is 15.2. The first kappa shape index (κ1) is 25.5. The lowest BCUT2D eigenvalue weighted by Crippen LogP contribution is -2.25. The van der Waals surface area contributed by atoms with Crippen LogP contribution in [-0.2, 0) is 24.8 Å². The fraction of sp³-hybridized carbons (Fsp3) is 0.240. The molecule has 0 bridgehead atoms. The highest BCUT2D eigenvalue weighted by Crippen LogP contribution is 2.34. The summed E-state index contributed by atoms with van der Waals surface area (Å²) in [4.78, 5) is 13.7. The van der Waals surface area contributed by atoms with Gasteiger partial charge in [0, 0.05) is 18.7 Å². The van der Waals surface area contributed by atoms with Gasteiger partial charge in [-0.25, -0.2) is 16.8 Å². The van der Waals surface area contributed by atoms with Gasteiger partial charge in [0.25, 0.3) is 20.0 Å². The average Bonchev–Trinajstić information content (AvgIpc) is 3.26. The van der Waals surface area contributed by atoms with E-state index >= 15 is 0 Å². The van der Waals surface area contributed by atoms with Gasteiger partial charge in [-0.3, -0.25) is 14.2 Å². The first-order valence-corrected chi connectivity index (χ1v) is 14.2. The summed E-state index contributed by atoms with van der Waals surface area (Å²) in [6.07, 6.45) is 1.08. The average molecular weight is 530 g/mol. The van der Waals surface area contributed by atoms with Gasteiger partial charge in [-0.05, 0) is 79.9 Å². The van der Waals surface area contributed by atoms with Crippen LogP contribution in [0.4, 0.5) is 17.1 Å². The minimum absolute atomic E-state index is 0.00867. The predicted octanol–water partition coefficient (Wildman–Crippen LogP) is 4.04. The van der Waals surface area contributed by atoms with Gasteiger partial charge in [-0.2, -0.15) is 0 Å². The number of carbonyl (C=O) groups is 1. The van der Waals surface area contributed by atoms with E-state index in [1.165, 1.54) is 54.5 Å². The summed E-state index contributed by atoms with van der Waals surface area (Å²) in [5, 5.41) is 0. The second-order valence-corrected chi connectivity index (χ2v) is 11.9. The van der Waals surface area contributed by atoms with Crippen molar-refractivity contribution in [3.63, 3.8) is 0 Å². The molecule has 0 aliphatic carbocycles. The lowest BCUT2D eigenvalue weighted by Gasteiger charge is -2.20. The number of aryl methyl sites for hydroxylation is 2. The minimum atomic E-state index is -4.02. The molecular weight excluding hydrogens is 502 g/mol. The van der Waals surface area contributed by atoms with Gasteiger partial charge in [-0.1, -0.05) is 12.1 Å². The van der Waals surface area contributed by atoms with E-state index in [0.29, 0.717) is 36.5 Å². The van der Waals surface area contributed by atoms with Gasteiger partial charge < -0.3 is 9.64 Å². The number of methoxy groups -OCH3 is 1. The number of hydrogen-bond acceptors (Lipinski definition) is 6. The highest BCUT2D eigenvalue weighted by Gasteiger charge is 2.27. The molecule has 3 aromatic carbocycles. The van der Waals surface area contributed by atoms with Crippen LogP contribution in [0.25, 0.3) is 0 Å². The van der Waals surface area contributed by atoms with E-state index < -0.39 is 20.0 Å². The Hall–Kier alpha value is -3.57. The fourth-order valence-electron chi connectivity index (χ4n) is 3.92. The van der Waals surface area contributed by atoms with Crippen LogP contribution in [-0.4, -0.2) is 36.4 Å². The Balaban J connectivity index is 1.55. The number of sulfonamides is 2. The van der Waals surface area contributed by atoms with Crippen molar-refractivity contribution in [2.45, 2.75) is 36.5 Å². The van der Waals surface area contributed by atoms with Gasteiger partial charge >= 0.3 is 0 Å². The number of benzene rings is 3. The molecule has 0 saturated carbocycles. The van der Waals surface area contributed by atoms with Crippen LogP contribution >= 0.6 is 0 Å². The number of ether oxygens (including phenoxy) is 1. The van der Waals surface area contributed by atoms with Gasteiger partial charge in [0.15, 0.2) is 0 Å². The van der Waals surface area contributed by atoms with Crippen LogP contribution in [0.3, 0.4) is 0 Å². The van der Waals surface area contributed by atoms with Crippen LogP contribution in [0.1, 0.15) is 24.0 Å². The Morgan fingerprint density at radius 2 is 1.50 bits per heavy atom. The quantitative estimate of drug-likeness (QED) is 0.454. The van der Waals surface area contributed by atoms with Gasteiger partial charge in [0.1, 0.15) is 5.75 Å². The highest BCUT2D eigenvalue weighted by atomic mass is 32.2. The summed E-state index contributed by atoms with van der Waals surface area (Å²) in [7, 11) is -6.44. The molecule has 9 nitrogen and oxygen atoms in total. The number of nitrogens with zero attached hydrogens (tertiary/aromatic N) is 1. The fourth-order valence-corrected chi connectivity index (χ4v) is 6.12. The summed E-state index contributed by atoms with van der Waals surface area (Å²) in [5.74, 6) is 0.303. The van der Waals surface area contributed by atoms with E-state index in [9.17, 15) is 21.6 Å². The first-order valence-electron chi connectivity index (χ1n) is 11.2. The molecule has 36 heavy (non-hydrogen) atoms. The topological polar surface area (TPSA) is 122 Å². The molecule has 3 aromatic rings. The Morgan fingerprint density at radius 1 is 0.833 bits per heavy atom. The van der Waals surface area contributed by atoms with Crippen molar-refractivity contribution in [2.24, 2.45) is 0 Å². The molecule has 1 heterocycles. The number of rotatable bonds is 8. The van der Waals surface area contributed by atoms with Crippen LogP contribution in [0.15, 0.2) is 70.5 Å². The molecule has 0 atom stereocenters. The van der Waals surface area contributed by atoms with Crippen molar-refractivity contribution in [1.29, 1.82) is 0 Å². The molecule has 1 aliphatic rings. The summed E-state index contributed by atoms with van der Waals surface area (Å²) < 4.78 is 62.1. The Labute approximate surface area is 211 Å². The summed E-state index contributed by atoms with van der Waals surface area (Å²) >= 11 is 0. The van der Waals surface area contributed by atoms with Crippen molar-refractivity contribution in [3.05, 3.63) is 71.8 Å². The standard InChI is InChI=1S/C25H27N3O6S2/c1-17-6-7-18(2)22(15-17)27-35(30,31)20-10-8-19(9-11-20)26-36(32,33)21-12-13-24(34-3)23(16-21)28-14-4-5-25(28)29/h6-13,15-16,26-27H,4-5,14H2,1-3H3. The SMILES string of the molecule is COc1ccc(S(=O)(=O)Nc2ccc(S(=O)(=O)Nc3cc(C)ccc3C)cc2)cc1N1CCCC1=O. The first-order chi connectivity index (χ1) is 17.0. The third kappa shape index (κ3) is 5.31. The van der Waals surface area contributed by atoms with Gasteiger partial charge in [0.05, 0.1) is 28.3 Å². The van der Waals surface area contributed by atoms with E-state index in [0.717, 1.165) is 11.1 Å². The number of nitrogens with one attached hydrogen (secondary N) is 2. The molecular formula is C25H27N3O6S2. The molecule has 1 amide bonds. The zero-order valence-electron chi connectivity index (χ0n) is 20.1. The molecule has 11 heteroatoms. The number of amides is 1. The van der Waals surface area contributed by atoms with E-state index in [2.05, 4.69) is 9.44 Å².